The highest BCUT2D eigenvalue weighted by Crippen LogP contribution is 2.21. The lowest BCUT2D eigenvalue weighted by molar-refractivity contribution is 0.0438. The standard InChI is InChI=1S/C19H25NO2.ClH/c1-15-6-4-5-11-20(15)13-18(21)14-22-19-10-9-16-7-2-3-8-17(16)12-19;/h2-3,7-10,12,15,18,21H,4-6,11,13-14H2,1H3;1H. The van der Waals surface area contributed by atoms with Crippen LogP contribution in [0, 0.1) is 0 Å². The van der Waals surface area contributed by atoms with Crippen LogP contribution in [0.2, 0.25) is 0 Å². The molecule has 0 radical (unpaired) electrons. The lowest BCUT2D eigenvalue weighted by Crippen LogP contribution is -2.43. The van der Waals surface area contributed by atoms with Crippen molar-refractivity contribution in [2.75, 3.05) is 19.7 Å². The fourth-order valence-electron chi connectivity index (χ4n) is 3.20. The van der Waals surface area contributed by atoms with Crippen LogP contribution in [0.3, 0.4) is 0 Å². The van der Waals surface area contributed by atoms with Crippen molar-refractivity contribution in [3.63, 3.8) is 0 Å². The maximum atomic E-state index is 10.2. The second-order valence-corrected chi connectivity index (χ2v) is 6.31. The molecule has 1 fully saturated rings. The van der Waals surface area contributed by atoms with Gasteiger partial charge < -0.3 is 9.84 Å². The van der Waals surface area contributed by atoms with Crippen LogP contribution in [-0.4, -0.2) is 41.8 Å². The van der Waals surface area contributed by atoms with Gasteiger partial charge in [-0.25, -0.2) is 0 Å². The number of benzene rings is 2. The molecule has 2 aromatic carbocycles. The van der Waals surface area contributed by atoms with Crippen LogP contribution >= 0.6 is 12.4 Å². The maximum Gasteiger partial charge on any atom is 0.120 e. The van der Waals surface area contributed by atoms with Gasteiger partial charge >= 0.3 is 0 Å². The number of aliphatic hydroxyl groups is 1. The van der Waals surface area contributed by atoms with E-state index in [1.54, 1.807) is 0 Å². The molecule has 1 saturated heterocycles. The number of rotatable bonds is 5. The Hall–Kier alpha value is -1.29. The number of aliphatic hydroxyl groups excluding tert-OH is 1. The molecule has 0 amide bonds. The van der Waals surface area contributed by atoms with E-state index in [1.807, 2.05) is 24.3 Å². The third kappa shape index (κ3) is 4.84. The Labute approximate surface area is 144 Å². The first kappa shape index (κ1) is 18.1. The van der Waals surface area contributed by atoms with Gasteiger partial charge in [-0.3, -0.25) is 4.90 Å². The fraction of sp³-hybridized carbons (Fsp3) is 0.474. The second-order valence-electron chi connectivity index (χ2n) is 6.31. The molecule has 3 rings (SSSR count). The summed E-state index contributed by atoms with van der Waals surface area (Å²) in [6.07, 6.45) is 3.34. The molecule has 0 aromatic heterocycles. The van der Waals surface area contributed by atoms with Gasteiger partial charge in [0, 0.05) is 12.6 Å². The van der Waals surface area contributed by atoms with E-state index in [2.05, 4.69) is 30.0 Å². The number of likely N-dealkylation sites (tertiary alicyclic amines) is 1. The number of halogens is 1. The zero-order valence-electron chi connectivity index (χ0n) is 13.6. The van der Waals surface area contributed by atoms with Crippen LogP contribution in [0.25, 0.3) is 10.8 Å². The monoisotopic (exact) mass is 335 g/mol. The van der Waals surface area contributed by atoms with Crippen LogP contribution in [0.1, 0.15) is 26.2 Å². The van der Waals surface area contributed by atoms with E-state index in [4.69, 9.17) is 4.74 Å². The minimum atomic E-state index is -0.438. The molecule has 4 heteroatoms. The first-order valence-electron chi connectivity index (χ1n) is 8.26. The smallest absolute Gasteiger partial charge is 0.120 e. The normalized spacial score (nSPS) is 20.0. The zero-order valence-corrected chi connectivity index (χ0v) is 14.5. The molecular weight excluding hydrogens is 310 g/mol. The number of nitrogens with zero attached hydrogens (tertiary/aromatic N) is 1. The van der Waals surface area contributed by atoms with Crippen molar-refractivity contribution in [2.45, 2.75) is 38.3 Å². The second kappa shape index (κ2) is 8.53. The van der Waals surface area contributed by atoms with Gasteiger partial charge in [0.1, 0.15) is 18.5 Å². The molecule has 3 nitrogen and oxygen atoms in total. The molecule has 0 spiro atoms. The number of β-amino-alcohol motifs (C(OH)–C–C–N with tert-alkyl or cyclic N) is 1. The average Bonchev–Trinajstić information content (AvgIpc) is 2.55. The lowest BCUT2D eigenvalue weighted by Gasteiger charge is -2.34. The number of hydrogen-bond donors (Lipinski definition) is 1. The van der Waals surface area contributed by atoms with Gasteiger partial charge in [0.25, 0.3) is 0 Å². The Morgan fingerprint density at radius 2 is 1.96 bits per heavy atom. The van der Waals surface area contributed by atoms with Crippen LogP contribution in [-0.2, 0) is 0 Å². The lowest BCUT2D eigenvalue weighted by atomic mass is 10.0. The Morgan fingerprint density at radius 3 is 2.74 bits per heavy atom. The third-order valence-electron chi connectivity index (χ3n) is 4.55. The van der Waals surface area contributed by atoms with E-state index in [-0.39, 0.29) is 12.4 Å². The van der Waals surface area contributed by atoms with Crippen LogP contribution in [0.4, 0.5) is 0 Å². The van der Waals surface area contributed by atoms with Gasteiger partial charge in [0.2, 0.25) is 0 Å². The Balaban J connectivity index is 0.00000192. The van der Waals surface area contributed by atoms with E-state index in [1.165, 1.54) is 30.0 Å². The van der Waals surface area contributed by atoms with E-state index in [0.717, 1.165) is 12.3 Å². The molecule has 2 atom stereocenters. The van der Waals surface area contributed by atoms with Crippen molar-refractivity contribution in [2.24, 2.45) is 0 Å². The number of piperidine rings is 1. The van der Waals surface area contributed by atoms with Gasteiger partial charge in [-0.15, -0.1) is 12.4 Å². The Kier molecular flexibility index (Phi) is 6.70. The highest BCUT2D eigenvalue weighted by molar-refractivity contribution is 5.85. The summed E-state index contributed by atoms with van der Waals surface area (Å²) in [5.41, 5.74) is 0. The van der Waals surface area contributed by atoms with Crippen molar-refractivity contribution >= 4 is 23.2 Å². The Bertz CT molecular complexity index is 619. The maximum absolute atomic E-state index is 10.2. The molecule has 1 aliphatic heterocycles. The van der Waals surface area contributed by atoms with Gasteiger partial charge in [0.05, 0.1) is 0 Å². The van der Waals surface area contributed by atoms with Gasteiger partial charge in [0.15, 0.2) is 0 Å². The molecule has 0 aliphatic carbocycles. The highest BCUT2D eigenvalue weighted by atomic mass is 35.5. The third-order valence-corrected chi connectivity index (χ3v) is 4.55. The summed E-state index contributed by atoms with van der Waals surface area (Å²) in [5, 5.41) is 12.6. The Morgan fingerprint density at radius 1 is 1.17 bits per heavy atom. The van der Waals surface area contributed by atoms with Crippen LogP contribution in [0.15, 0.2) is 42.5 Å². The average molecular weight is 336 g/mol. The molecule has 126 valence electrons. The number of hydrogen-bond acceptors (Lipinski definition) is 3. The summed E-state index contributed by atoms with van der Waals surface area (Å²) in [5.74, 6) is 0.824. The SMILES string of the molecule is CC1CCCCN1CC(O)COc1ccc2ccccc2c1.Cl. The minimum absolute atomic E-state index is 0. The van der Waals surface area contributed by atoms with E-state index < -0.39 is 6.10 Å². The summed E-state index contributed by atoms with van der Waals surface area (Å²) in [4.78, 5) is 2.37. The largest absolute Gasteiger partial charge is 0.491 e. The zero-order chi connectivity index (χ0) is 15.4. The van der Waals surface area contributed by atoms with E-state index in [9.17, 15) is 5.11 Å². The van der Waals surface area contributed by atoms with Gasteiger partial charge in [-0.05, 0) is 49.2 Å². The minimum Gasteiger partial charge on any atom is -0.491 e. The fourth-order valence-corrected chi connectivity index (χ4v) is 3.20. The van der Waals surface area contributed by atoms with Crippen molar-refractivity contribution < 1.29 is 9.84 Å². The summed E-state index contributed by atoms with van der Waals surface area (Å²) in [6, 6.07) is 14.9. The van der Waals surface area contributed by atoms with E-state index in [0.29, 0.717) is 19.2 Å². The summed E-state index contributed by atoms with van der Waals surface area (Å²) in [7, 11) is 0. The van der Waals surface area contributed by atoms with Crippen LogP contribution in [0.5, 0.6) is 5.75 Å². The van der Waals surface area contributed by atoms with Crippen LogP contribution < -0.4 is 4.74 Å². The highest BCUT2D eigenvalue weighted by Gasteiger charge is 2.20. The molecule has 2 unspecified atom stereocenters. The van der Waals surface area contributed by atoms with Crippen molar-refractivity contribution in [3.05, 3.63) is 42.5 Å². The molecule has 1 N–H and O–H groups in total. The van der Waals surface area contributed by atoms with Gasteiger partial charge in [-0.2, -0.15) is 0 Å². The molecular formula is C19H26ClNO2. The quantitative estimate of drug-likeness (QED) is 0.900. The molecule has 1 aliphatic rings. The summed E-state index contributed by atoms with van der Waals surface area (Å²) >= 11 is 0. The molecule has 0 saturated carbocycles. The van der Waals surface area contributed by atoms with Gasteiger partial charge in [-0.1, -0.05) is 36.8 Å². The van der Waals surface area contributed by atoms with Crippen molar-refractivity contribution in [1.82, 2.24) is 4.90 Å². The number of ether oxygens (including phenoxy) is 1. The van der Waals surface area contributed by atoms with E-state index >= 15 is 0 Å². The molecule has 1 heterocycles. The van der Waals surface area contributed by atoms with Crippen molar-refractivity contribution in [3.8, 4) is 5.75 Å². The number of fused-ring (bicyclic) bond motifs is 1. The summed E-state index contributed by atoms with van der Waals surface area (Å²) < 4.78 is 5.78. The summed E-state index contributed by atoms with van der Waals surface area (Å²) in [6.45, 7) is 4.39. The first-order chi connectivity index (χ1) is 10.7. The molecule has 0 bridgehead atoms. The topological polar surface area (TPSA) is 32.7 Å². The molecule has 23 heavy (non-hydrogen) atoms. The first-order valence-corrected chi connectivity index (χ1v) is 8.26. The molecule has 2 aromatic rings. The van der Waals surface area contributed by atoms with Crippen molar-refractivity contribution in [1.29, 1.82) is 0 Å². The predicted octanol–water partition coefficient (Wildman–Crippen LogP) is 3.88. The predicted molar refractivity (Wildman–Crippen MR) is 97.6 cm³/mol.